The number of pyridine rings is 1. The fourth-order valence-electron chi connectivity index (χ4n) is 3.41. The van der Waals surface area contributed by atoms with Crippen LogP contribution in [0.25, 0.3) is 11.0 Å². The Bertz CT molecular complexity index is 1340. The summed E-state index contributed by atoms with van der Waals surface area (Å²) < 4.78 is 82.0. The summed E-state index contributed by atoms with van der Waals surface area (Å²) in [6.07, 6.45) is -5.44. The number of nitrogens with zero attached hydrogens (tertiary/aromatic N) is 3. The number of benzene rings is 1. The monoisotopic (exact) mass is 572 g/mol. The molecule has 0 bridgehead atoms. The Hall–Kier alpha value is -2.97. The summed E-state index contributed by atoms with van der Waals surface area (Å²) in [5, 5.41) is 10.4. The first-order valence-electron chi connectivity index (χ1n) is 12.0. The van der Waals surface area contributed by atoms with Gasteiger partial charge in [0, 0.05) is 32.4 Å². The van der Waals surface area contributed by atoms with Crippen molar-refractivity contribution in [3.8, 4) is 5.88 Å². The molecule has 3 rings (SSSR count). The lowest BCUT2D eigenvalue weighted by Crippen LogP contribution is -2.33. The molecule has 2 atom stereocenters. The van der Waals surface area contributed by atoms with Gasteiger partial charge in [-0.2, -0.15) is 17.9 Å². The molecule has 1 N–H and O–H groups in total. The van der Waals surface area contributed by atoms with E-state index in [1.807, 2.05) is 0 Å². The standard InChI is InChI=1S/C24H31F3N4O5SSi/c1-5-18(16-35-14-15-38(2,3)4)37(33,34)30-22-23(29-20-9-7-6-8-19(20)28-22)36-21(24(25,26)27)17-10-12-31(32)13-11-17/h6-13,18,21H,5,14-16H2,1-4H3,(H,28,30). The molecule has 1 aromatic carbocycles. The Morgan fingerprint density at radius 2 is 1.68 bits per heavy atom. The van der Waals surface area contributed by atoms with Crippen LogP contribution < -0.4 is 14.2 Å². The zero-order valence-corrected chi connectivity index (χ0v) is 23.3. The molecule has 0 aliphatic rings. The lowest BCUT2D eigenvalue weighted by Gasteiger charge is -2.23. The van der Waals surface area contributed by atoms with Gasteiger partial charge in [-0.25, -0.2) is 18.4 Å². The number of aromatic nitrogens is 3. The topological polar surface area (TPSA) is 117 Å². The highest BCUT2D eigenvalue weighted by Gasteiger charge is 2.44. The van der Waals surface area contributed by atoms with E-state index in [1.165, 1.54) is 6.07 Å². The molecule has 2 aromatic heterocycles. The highest BCUT2D eigenvalue weighted by Crippen LogP contribution is 2.38. The summed E-state index contributed by atoms with van der Waals surface area (Å²) in [7, 11) is -5.52. The minimum Gasteiger partial charge on any atom is -0.619 e. The van der Waals surface area contributed by atoms with Gasteiger partial charge in [-0.1, -0.05) is 38.7 Å². The summed E-state index contributed by atoms with van der Waals surface area (Å²) >= 11 is 0. The zero-order valence-electron chi connectivity index (χ0n) is 21.5. The Morgan fingerprint density at radius 3 is 2.24 bits per heavy atom. The normalized spacial score (nSPS) is 14.3. The first-order chi connectivity index (χ1) is 17.7. The van der Waals surface area contributed by atoms with Crippen LogP contribution in [0.4, 0.5) is 19.0 Å². The molecule has 0 fully saturated rings. The predicted molar refractivity (Wildman–Crippen MR) is 140 cm³/mol. The van der Waals surface area contributed by atoms with Crippen LogP contribution in [0.1, 0.15) is 25.0 Å². The second-order valence-corrected chi connectivity index (χ2v) is 17.5. The Balaban J connectivity index is 1.95. The highest BCUT2D eigenvalue weighted by molar-refractivity contribution is 7.93. The van der Waals surface area contributed by atoms with Crippen LogP contribution >= 0.6 is 0 Å². The first-order valence-corrected chi connectivity index (χ1v) is 17.2. The molecule has 0 aliphatic heterocycles. The molecule has 2 heterocycles. The van der Waals surface area contributed by atoms with E-state index in [0.717, 1.165) is 30.6 Å². The van der Waals surface area contributed by atoms with Gasteiger partial charge in [-0.3, -0.25) is 4.72 Å². The van der Waals surface area contributed by atoms with Crippen molar-refractivity contribution in [1.29, 1.82) is 0 Å². The number of hydrogen-bond donors (Lipinski definition) is 1. The summed E-state index contributed by atoms with van der Waals surface area (Å²) in [5.74, 6) is -1.13. The fraction of sp³-hybridized carbons (Fsp3) is 0.458. The summed E-state index contributed by atoms with van der Waals surface area (Å²) in [5.41, 5.74) is 0.0989. The predicted octanol–water partition coefficient (Wildman–Crippen LogP) is 4.82. The number of halogens is 3. The van der Waals surface area contributed by atoms with Gasteiger partial charge in [-0.05, 0) is 24.6 Å². The van der Waals surface area contributed by atoms with Crippen molar-refractivity contribution in [3.05, 3.63) is 59.6 Å². The Morgan fingerprint density at radius 1 is 1.08 bits per heavy atom. The molecular formula is C24H31F3N4O5SSi. The van der Waals surface area contributed by atoms with E-state index in [0.29, 0.717) is 11.3 Å². The van der Waals surface area contributed by atoms with E-state index in [9.17, 15) is 26.8 Å². The van der Waals surface area contributed by atoms with Gasteiger partial charge in [0.2, 0.25) is 21.9 Å². The number of ether oxygens (including phenoxy) is 2. The quantitative estimate of drug-likeness (QED) is 0.143. The molecule has 0 aliphatic carbocycles. The number of anilines is 1. The third-order valence-corrected chi connectivity index (χ3v) is 9.16. The second kappa shape index (κ2) is 11.8. The Labute approximate surface area is 220 Å². The van der Waals surface area contributed by atoms with Crippen LogP contribution in [0.5, 0.6) is 5.88 Å². The molecule has 2 unspecified atom stereocenters. The summed E-state index contributed by atoms with van der Waals surface area (Å²) in [6, 6.07) is 9.10. The lowest BCUT2D eigenvalue weighted by molar-refractivity contribution is -0.605. The third kappa shape index (κ3) is 8.01. The van der Waals surface area contributed by atoms with Crippen molar-refractivity contribution in [1.82, 2.24) is 9.97 Å². The summed E-state index contributed by atoms with van der Waals surface area (Å²) in [6.45, 7) is 8.53. The molecule has 0 radical (unpaired) electrons. The Kier molecular flexibility index (Phi) is 9.20. The van der Waals surface area contributed by atoms with E-state index in [4.69, 9.17) is 9.47 Å². The number of para-hydroxylation sites is 2. The maximum absolute atomic E-state index is 14.0. The number of rotatable bonds is 12. The molecule has 0 saturated heterocycles. The maximum Gasteiger partial charge on any atom is 0.429 e. The highest BCUT2D eigenvalue weighted by atomic mass is 32.2. The molecule has 38 heavy (non-hydrogen) atoms. The maximum atomic E-state index is 14.0. The lowest BCUT2D eigenvalue weighted by atomic mass is 10.1. The van der Waals surface area contributed by atoms with Gasteiger partial charge < -0.3 is 14.7 Å². The molecule has 0 saturated carbocycles. The average molecular weight is 573 g/mol. The zero-order chi connectivity index (χ0) is 28.1. The van der Waals surface area contributed by atoms with Crippen molar-refractivity contribution in [2.45, 2.75) is 56.6 Å². The van der Waals surface area contributed by atoms with E-state index < -0.39 is 47.3 Å². The van der Waals surface area contributed by atoms with Crippen LogP contribution in [0.15, 0.2) is 48.8 Å². The van der Waals surface area contributed by atoms with E-state index in [1.54, 1.807) is 25.1 Å². The third-order valence-electron chi connectivity index (χ3n) is 5.63. The van der Waals surface area contributed by atoms with Crippen molar-refractivity contribution < 1.29 is 35.8 Å². The number of nitrogens with one attached hydrogen (secondary N) is 1. The van der Waals surface area contributed by atoms with E-state index in [2.05, 4.69) is 34.3 Å². The van der Waals surface area contributed by atoms with Gasteiger partial charge in [0.25, 0.3) is 5.88 Å². The van der Waals surface area contributed by atoms with E-state index in [-0.39, 0.29) is 29.6 Å². The molecule has 14 heteroatoms. The van der Waals surface area contributed by atoms with Gasteiger partial charge in [0.05, 0.1) is 17.6 Å². The van der Waals surface area contributed by atoms with Crippen LogP contribution in [0.3, 0.4) is 0 Å². The van der Waals surface area contributed by atoms with Crippen molar-refractivity contribution in [3.63, 3.8) is 0 Å². The van der Waals surface area contributed by atoms with Crippen LogP contribution in [-0.4, -0.2) is 51.1 Å². The van der Waals surface area contributed by atoms with E-state index >= 15 is 0 Å². The van der Waals surface area contributed by atoms with Crippen molar-refractivity contribution >= 4 is 34.9 Å². The number of hydrogen-bond acceptors (Lipinski definition) is 7. The van der Waals surface area contributed by atoms with Crippen molar-refractivity contribution in [2.24, 2.45) is 0 Å². The fourth-order valence-corrected chi connectivity index (χ4v) is 5.45. The molecule has 0 amide bonds. The van der Waals surface area contributed by atoms with Gasteiger partial charge >= 0.3 is 6.18 Å². The van der Waals surface area contributed by atoms with Crippen molar-refractivity contribution in [2.75, 3.05) is 17.9 Å². The molecule has 3 aromatic rings. The van der Waals surface area contributed by atoms with Gasteiger partial charge in [0.15, 0.2) is 12.4 Å². The molecule has 208 valence electrons. The number of sulfonamides is 1. The van der Waals surface area contributed by atoms with Gasteiger partial charge in [-0.15, -0.1) is 0 Å². The summed E-state index contributed by atoms with van der Waals surface area (Å²) in [4.78, 5) is 8.35. The van der Waals surface area contributed by atoms with Crippen LogP contribution in [0.2, 0.25) is 25.7 Å². The minimum atomic E-state index is -4.91. The molecule has 9 nitrogen and oxygen atoms in total. The SMILES string of the molecule is CCC(COCC[Si](C)(C)C)S(=O)(=O)Nc1nc2ccccc2nc1OC(c1cc[n+]([O-])cc1)C(F)(F)F. The number of alkyl halides is 3. The van der Waals surface area contributed by atoms with Gasteiger partial charge in [0.1, 0.15) is 5.25 Å². The minimum absolute atomic E-state index is 0.0854. The first kappa shape index (κ1) is 29.6. The largest absolute Gasteiger partial charge is 0.619 e. The molecule has 0 spiro atoms. The van der Waals surface area contributed by atoms with Crippen LogP contribution in [0, 0.1) is 5.21 Å². The molecular weight excluding hydrogens is 541 g/mol. The van der Waals surface area contributed by atoms with Crippen LogP contribution in [-0.2, 0) is 14.8 Å². The average Bonchev–Trinajstić information content (AvgIpc) is 2.81. The smallest absolute Gasteiger partial charge is 0.429 e. The second-order valence-electron chi connectivity index (χ2n) is 9.96. The number of fused-ring (bicyclic) bond motifs is 1.